The highest BCUT2D eigenvalue weighted by molar-refractivity contribution is 7.92. The standard InChI is InChI=1S/C18H19FN2O5S/c1-21(11-13-7-9-14(19)10-8-13)17(22)12-26-18(23)15-5-3-4-6-16(15)20-27(2,24)25/h3-10,20H,11-12H2,1-2H3. The van der Waals surface area contributed by atoms with Crippen LogP contribution in [0.5, 0.6) is 0 Å². The van der Waals surface area contributed by atoms with E-state index < -0.39 is 28.5 Å². The highest BCUT2D eigenvalue weighted by Crippen LogP contribution is 2.17. The van der Waals surface area contributed by atoms with Crippen molar-refractivity contribution in [2.45, 2.75) is 6.54 Å². The fourth-order valence-electron chi connectivity index (χ4n) is 2.22. The Balaban J connectivity index is 1.96. The average Bonchev–Trinajstić information content (AvgIpc) is 2.60. The van der Waals surface area contributed by atoms with Crippen molar-refractivity contribution in [2.75, 3.05) is 24.6 Å². The van der Waals surface area contributed by atoms with Gasteiger partial charge in [0, 0.05) is 13.6 Å². The number of esters is 1. The van der Waals surface area contributed by atoms with E-state index >= 15 is 0 Å². The van der Waals surface area contributed by atoms with E-state index in [-0.39, 0.29) is 23.6 Å². The Labute approximate surface area is 156 Å². The predicted octanol–water partition coefficient (Wildman–Crippen LogP) is 2.01. The lowest BCUT2D eigenvalue weighted by Crippen LogP contribution is -2.31. The Hall–Kier alpha value is -2.94. The Bertz CT molecular complexity index is 929. The smallest absolute Gasteiger partial charge is 0.340 e. The maximum atomic E-state index is 12.9. The second-order valence-electron chi connectivity index (χ2n) is 5.87. The van der Waals surface area contributed by atoms with Gasteiger partial charge in [-0.1, -0.05) is 24.3 Å². The molecular weight excluding hydrogens is 375 g/mol. The van der Waals surface area contributed by atoms with Crippen LogP contribution in [-0.4, -0.2) is 45.1 Å². The highest BCUT2D eigenvalue weighted by atomic mass is 32.2. The molecule has 0 saturated carbocycles. The zero-order valence-electron chi connectivity index (χ0n) is 14.8. The van der Waals surface area contributed by atoms with Crippen molar-refractivity contribution in [1.82, 2.24) is 4.90 Å². The molecule has 1 N–H and O–H groups in total. The molecule has 9 heteroatoms. The van der Waals surface area contributed by atoms with Crippen LogP contribution in [0.3, 0.4) is 0 Å². The van der Waals surface area contributed by atoms with E-state index in [9.17, 15) is 22.4 Å². The number of ether oxygens (including phenoxy) is 1. The number of carbonyl (C=O) groups is 2. The van der Waals surface area contributed by atoms with Crippen LogP contribution in [0.15, 0.2) is 48.5 Å². The molecule has 0 fully saturated rings. The summed E-state index contributed by atoms with van der Waals surface area (Å²) in [6, 6.07) is 11.6. The van der Waals surface area contributed by atoms with Crippen LogP contribution in [0, 0.1) is 5.82 Å². The number of hydrogen-bond donors (Lipinski definition) is 1. The van der Waals surface area contributed by atoms with Crippen LogP contribution in [0.2, 0.25) is 0 Å². The number of nitrogens with one attached hydrogen (secondary N) is 1. The number of rotatable bonds is 7. The minimum Gasteiger partial charge on any atom is -0.452 e. The highest BCUT2D eigenvalue weighted by Gasteiger charge is 2.17. The van der Waals surface area contributed by atoms with Crippen molar-refractivity contribution in [2.24, 2.45) is 0 Å². The molecule has 144 valence electrons. The number of benzene rings is 2. The summed E-state index contributed by atoms with van der Waals surface area (Å²) in [7, 11) is -2.05. The van der Waals surface area contributed by atoms with Gasteiger partial charge >= 0.3 is 5.97 Å². The van der Waals surface area contributed by atoms with Gasteiger partial charge in [-0.25, -0.2) is 17.6 Å². The Morgan fingerprint density at radius 1 is 1.11 bits per heavy atom. The first-order valence-corrected chi connectivity index (χ1v) is 9.77. The van der Waals surface area contributed by atoms with Crippen molar-refractivity contribution >= 4 is 27.6 Å². The average molecular weight is 394 g/mol. The van der Waals surface area contributed by atoms with Crippen molar-refractivity contribution in [3.8, 4) is 0 Å². The Morgan fingerprint density at radius 3 is 2.37 bits per heavy atom. The largest absolute Gasteiger partial charge is 0.452 e. The lowest BCUT2D eigenvalue weighted by Gasteiger charge is -2.17. The van der Waals surface area contributed by atoms with E-state index in [0.29, 0.717) is 0 Å². The first-order chi connectivity index (χ1) is 12.7. The number of amides is 1. The van der Waals surface area contributed by atoms with Gasteiger partial charge in [0.25, 0.3) is 5.91 Å². The lowest BCUT2D eigenvalue weighted by molar-refractivity contribution is -0.133. The summed E-state index contributed by atoms with van der Waals surface area (Å²) in [5.74, 6) is -1.66. The number of sulfonamides is 1. The molecule has 0 spiro atoms. The van der Waals surface area contributed by atoms with Gasteiger partial charge in [0.15, 0.2) is 6.61 Å². The number of likely N-dealkylation sites (N-methyl/N-ethyl adjacent to an activating group) is 1. The van der Waals surface area contributed by atoms with Gasteiger partial charge in [0.05, 0.1) is 17.5 Å². The van der Waals surface area contributed by atoms with Crippen molar-refractivity contribution in [1.29, 1.82) is 0 Å². The van der Waals surface area contributed by atoms with Crippen LogP contribution in [0.4, 0.5) is 10.1 Å². The summed E-state index contributed by atoms with van der Waals surface area (Å²) in [6.07, 6.45) is 0.961. The van der Waals surface area contributed by atoms with Crippen molar-refractivity contribution < 1.29 is 27.1 Å². The molecule has 0 aliphatic heterocycles. The molecule has 0 heterocycles. The predicted molar refractivity (Wildman–Crippen MR) is 98.1 cm³/mol. The monoisotopic (exact) mass is 394 g/mol. The fourth-order valence-corrected chi connectivity index (χ4v) is 2.79. The van der Waals surface area contributed by atoms with E-state index in [2.05, 4.69) is 4.72 Å². The van der Waals surface area contributed by atoms with Gasteiger partial charge in [0.1, 0.15) is 5.82 Å². The minimum atomic E-state index is -3.58. The van der Waals surface area contributed by atoms with E-state index in [1.165, 1.54) is 36.2 Å². The summed E-state index contributed by atoms with van der Waals surface area (Å²) < 4.78 is 42.9. The van der Waals surface area contributed by atoms with Crippen LogP contribution >= 0.6 is 0 Å². The molecule has 0 aliphatic rings. The Kier molecular flexibility index (Phi) is 6.51. The second-order valence-corrected chi connectivity index (χ2v) is 7.62. The maximum Gasteiger partial charge on any atom is 0.340 e. The SMILES string of the molecule is CN(Cc1ccc(F)cc1)C(=O)COC(=O)c1ccccc1NS(C)(=O)=O. The third-order valence-corrected chi connectivity index (χ3v) is 4.12. The van der Waals surface area contributed by atoms with Crippen molar-refractivity contribution in [3.05, 3.63) is 65.5 Å². The molecule has 2 rings (SSSR count). The molecule has 2 aromatic carbocycles. The molecular formula is C18H19FN2O5S. The van der Waals surface area contributed by atoms with Crippen LogP contribution < -0.4 is 4.72 Å². The zero-order chi connectivity index (χ0) is 20.0. The van der Waals surface area contributed by atoms with Gasteiger partial charge in [-0.15, -0.1) is 0 Å². The van der Waals surface area contributed by atoms with Gasteiger partial charge < -0.3 is 9.64 Å². The first kappa shape index (κ1) is 20.4. The van der Waals surface area contributed by atoms with E-state index in [0.717, 1.165) is 11.8 Å². The molecule has 2 aromatic rings. The van der Waals surface area contributed by atoms with E-state index in [4.69, 9.17) is 4.74 Å². The number of nitrogens with zero attached hydrogens (tertiary/aromatic N) is 1. The van der Waals surface area contributed by atoms with Crippen LogP contribution in [-0.2, 0) is 26.1 Å². The van der Waals surface area contributed by atoms with Crippen molar-refractivity contribution in [3.63, 3.8) is 0 Å². The summed E-state index contributed by atoms with van der Waals surface area (Å²) in [6.45, 7) is -0.285. The Morgan fingerprint density at radius 2 is 1.74 bits per heavy atom. The topological polar surface area (TPSA) is 92.8 Å². The van der Waals surface area contributed by atoms with E-state index in [1.807, 2.05) is 0 Å². The molecule has 27 heavy (non-hydrogen) atoms. The molecule has 0 aromatic heterocycles. The number of anilines is 1. The maximum absolute atomic E-state index is 12.9. The quantitative estimate of drug-likeness (QED) is 0.725. The number of hydrogen-bond acceptors (Lipinski definition) is 5. The normalized spacial score (nSPS) is 10.9. The number of halogens is 1. The first-order valence-electron chi connectivity index (χ1n) is 7.88. The van der Waals surface area contributed by atoms with E-state index in [1.54, 1.807) is 24.3 Å². The third-order valence-electron chi connectivity index (χ3n) is 3.53. The molecule has 1 amide bonds. The molecule has 0 radical (unpaired) electrons. The molecule has 0 aliphatic carbocycles. The van der Waals surface area contributed by atoms with Gasteiger partial charge in [-0.2, -0.15) is 0 Å². The number of para-hydroxylation sites is 1. The third kappa shape index (κ3) is 6.37. The minimum absolute atomic E-state index is 0.00286. The summed E-state index contributed by atoms with van der Waals surface area (Å²) in [5.41, 5.74) is 0.787. The lowest BCUT2D eigenvalue weighted by atomic mass is 10.2. The van der Waals surface area contributed by atoms with Crippen LogP contribution in [0.25, 0.3) is 0 Å². The molecule has 7 nitrogen and oxygen atoms in total. The summed E-state index contributed by atoms with van der Waals surface area (Å²) in [5, 5.41) is 0. The number of carbonyl (C=O) groups excluding carboxylic acids is 2. The van der Waals surface area contributed by atoms with Gasteiger partial charge in [-0.05, 0) is 29.8 Å². The van der Waals surface area contributed by atoms with Crippen LogP contribution in [0.1, 0.15) is 15.9 Å². The molecule has 0 unspecified atom stereocenters. The zero-order valence-corrected chi connectivity index (χ0v) is 15.6. The molecule has 0 atom stereocenters. The summed E-state index contributed by atoms with van der Waals surface area (Å²) in [4.78, 5) is 25.7. The molecule has 0 saturated heterocycles. The van der Waals surface area contributed by atoms with Gasteiger partial charge in [-0.3, -0.25) is 9.52 Å². The van der Waals surface area contributed by atoms with Gasteiger partial charge in [0.2, 0.25) is 10.0 Å². The fraction of sp³-hybridized carbons (Fsp3) is 0.222. The summed E-state index contributed by atoms with van der Waals surface area (Å²) >= 11 is 0. The molecule has 0 bridgehead atoms. The second kappa shape index (κ2) is 8.63.